The molecule has 0 radical (unpaired) electrons. The quantitative estimate of drug-likeness (QED) is 0.582. The van der Waals surface area contributed by atoms with Gasteiger partial charge < -0.3 is 14.0 Å². The van der Waals surface area contributed by atoms with Crippen LogP contribution in [0.1, 0.15) is 16.8 Å². The minimum Gasteiger partial charge on any atom is -0.496 e. The molecular formula is C15H17F2NO3. The Hall–Kier alpha value is -1.95. The van der Waals surface area contributed by atoms with E-state index in [9.17, 15) is 13.6 Å². The molecule has 1 heterocycles. The van der Waals surface area contributed by atoms with Crippen molar-refractivity contribution < 1.29 is 23.0 Å². The third-order valence-electron chi connectivity index (χ3n) is 3.21. The van der Waals surface area contributed by atoms with E-state index >= 15 is 0 Å². The first-order valence-electron chi connectivity index (χ1n) is 6.55. The number of hydrogen-bond acceptors (Lipinski definition) is 3. The predicted octanol–water partition coefficient (Wildman–Crippen LogP) is 3.04. The Kier molecular flexibility index (Phi) is 4.90. The molecule has 1 aromatic heterocycles. The molecule has 21 heavy (non-hydrogen) atoms. The normalized spacial score (nSPS) is 11.3. The van der Waals surface area contributed by atoms with Gasteiger partial charge in [0, 0.05) is 25.2 Å². The van der Waals surface area contributed by atoms with Crippen molar-refractivity contribution in [3.63, 3.8) is 0 Å². The first-order chi connectivity index (χ1) is 10.0. The number of hydrogen-bond donors (Lipinski definition) is 0. The highest BCUT2D eigenvalue weighted by molar-refractivity contribution is 6.10. The Labute approximate surface area is 121 Å². The number of carbonyl (C=O) groups excluding carboxylic acids is 1. The molecule has 0 bridgehead atoms. The van der Waals surface area contributed by atoms with Gasteiger partial charge in [0.05, 0.1) is 24.6 Å². The summed E-state index contributed by atoms with van der Waals surface area (Å²) in [5.41, 5.74) is 1.40. The second kappa shape index (κ2) is 6.67. The molecule has 1 aromatic carbocycles. The number of benzene rings is 1. The monoisotopic (exact) mass is 297 g/mol. The van der Waals surface area contributed by atoms with Crippen molar-refractivity contribution in [2.24, 2.45) is 7.05 Å². The highest BCUT2D eigenvalue weighted by atomic mass is 19.3. The highest BCUT2D eigenvalue weighted by Crippen LogP contribution is 2.30. The fourth-order valence-electron chi connectivity index (χ4n) is 2.27. The topological polar surface area (TPSA) is 40.5 Å². The second-order valence-corrected chi connectivity index (χ2v) is 4.65. The van der Waals surface area contributed by atoms with Crippen molar-refractivity contribution in [1.82, 2.24) is 4.57 Å². The molecule has 6 heteroatoms. The zero-order chi connectivity index (χ0) is 15.4. The molecule has 2 aromatic rings. The summed E-state index contributed by atoms with van der Waals surface area (Å²) >= 11 is 0. The summed E-state index contributed by atoms with van der Waals surface area (Å²) in [4.78, 5) is 12.2. The number of nitrogens with zero attached hydrogens (tertiary/aromatic N) is 1. The van der Waals surface area contributed by atoms with Crippen molar-refractivity contribution in [3.8, 4) is 5.75 Å². The summed E-state index contributed by atoms with van der Waals surface area (Å²) in [5, 5.41) is 0.737. The highest BCUT2D eigenvalue weighted by Gasteiger charge is 2.17. The van der Waals surface area contributed by atoms with Crippen molar-refractivity contribution in [3.05, 3.63) is 30.0 Å². The molecule has 0 N–H and O–H groups in total. The minimum atomic E-state index is -2.52. The van der Waals surface area contributed by atoms with Crippen LogP contribution >= 0.6 is 0 Å². The zero-order valence-corrected chi connectivity index (χ0v) is 11.9. The van der Waals surface area contributed by atoms with Crippen molar-refractivity contribution in [1.29, 1.82) is 0 Å². The maximum atomic E-state index is 12.2. The van der Waals surface area contributed by atoms with Gasteiger partial charge in [-0.1, -0.05) is 6.07 Å². The lowest BCUT2D eigenvalue weighted by atomic mass is 10.1. The van der Waals surface area contributed by atoms with Gasteiger partial charge in [-0.25, -0.2) is 8.78 Å². The largest absolute Gasteiger partial charge is 0.496 e. The van der Waals surface area contributed by atoms with Crippen LogP contribution in [0.2, 0.25) is 0 Å². The van der Waals surface area contributed by atoms with E-state index in [1.54, 1.807) is 19.4 Å². The van der Waals surface area contributed by atoms with Crippen molar-refractivity contribution in [2.75, 3.05) is 20.3 Å². The summed E-state index contributed by atoms with van der Waals surface area (Å²) in [6.45, 7) is -0.666. The van der Waals surface area contributed by atoms with Crippen LogP contribution in [-0.2, 0) is 11.8 Å². The Morgan fingerprint density at radius 3 is 2.81 bits per heavy atom. The maximum Gasteiger partial charge on any atom is 0.261 e. The van der Waals surface area contributed by atoms with E-state index in [2.05, 4.69) is 0 Å². The van der Waals surface area contributed by atoms with Gasteiger partial charge in [0.25, 0.3) is 6.43 Å². The molecule has 0 amide bonds. The summed E-state index contributed by atoms with van der Waals surface area (Å²) in [5.74, 6) is 0.462. The number of Topliss-reactive ketones (excluding diaryl/α,β-unsaturated/α-hetero) is 1. The molecule has 0 aliphatic heterocycles. The van der Waals surface area contributed by atoms with Gasteiger partial charge in [0.2, 0.25) is 0 Å². The number of aryl methyl sites for hydroxylation is 1. The molecule has 0 saturated carbocycles. The Bertz CT molecular complexity index is 637. The molecule has 0 fully saturated rings. The lowest BCUT2D eigenvalue weighted by Gasteiger charge is -2.05. The predicted molar refractivity (Wildman–Crippen MR) is 75.2 cm³/mol. The van der Waals surface area contributed by atoms with Crippen LogP contribution in [0.15, 0.2) is 24.4 Å². The molecule has 114 valence electrons. The van der Waals surface area contributed by atoms with Crippen LogP contribution < -0.4 is 4.74 Å². The van der Waals surface area contributed by atoms with E-state index < -0.39 is 13.0 Å². The van der Waals surface area contributed by atoms with Crippen LogP contribution in [0.5, 0.6) is 5.75 Å². The summed E-state index contributed by atoms with van der Waals surface area (Å²) in [7, 11) is 3.38. The average Bonchev–Trinajstić information content (AvgIpc) is 2.81. The lowest BCUT2D eigenvalue weighted by Crippen LogP contribution is -2.09. The third-order valence-corrected chi connectivity index (χ3v) is 3.21. The molecule has 0 aliphatic rings. The number of ketones is 1. The molecule has 2 rings (SSSR count). The first kappa shape index (κ1) is 15.4. The van der Waals surface area contributed by atoms with Crippen molar-refractivity contribution >= 4 is 16.7 Å². The number of methoxy groups -OCH3 is 1. The van der Waals surface area contributed by atoms with Crippen LogP contribution in [0, 0.1) is 0 Å². The van der Waals surface area contributed by atoms with Gasteiger partial charge in [0.1, 0.15) is 12.4 Å². The van der Waals surface area contributed by atoms with E-state index in [0.29, 0.717) is 11.3 Å². The van der Waals surface area contributed by atoms with Gasteiger partial charge in [0.15, 0.2) is 5.78 Å². The van der Waals surface area contributed by atoms with E-state index in [-0.39, 0.29) is 18.8 Å². The minimum absolute atomic E-state index is 0.0191. The number of ether oxygens (including phenoxy) is 2. The molecule has 0 atom stereocenters. The Morgan fingerprint density at radius 1 is 1.38 bits per heavy atom. The van der Waals surface area contributed by atoms with Crippen LogP contribution in [0.4, 0.5) is 8.78 Å². The fourth-order valence-corrected chi connectivity index (χ4v) is 2.27. The van der Waals surface area contributed by atoms with Crippen LogP contribution in [0.25, 0.3) is 10.9 Å². The summed E-state index contributed by atoms with van der Waals surface area (Å²) < 4.78 is 35.8. The molecule has 4 nitrogen and oxygen atoms in total. The number of halogens is 2. The van der Waals surface area contributed by atoms with Gasteiger partial charge in [-0.3, -0.25) is 4.79 Å². The van der Waals surface area contributed by atoms with E-state index in [1.165, 1.54) is 0 Å². The smallest absolute Gasteiger partial charge is 0.261 e. The number of aromatic nitrogens is 1. The third kappa shape index (κ3) is 3.39. The Morgan fingerprint density at radius 2 is 2.14 bits per heavy atom. The Balaban J connectivity index is 2.19. The molecular weight excluding hydrogens is 280 g/mol. The number of rotatable bonds is 7. The van der Waals surface area contributed by atoms with E-state index in [0.717, 1.165) is 10.9 Å². The first-order valence-corrected chi connectivity index (χ1v) is 6.55. The summed E-state index contributed by atoms with van der Waals surface area (Å²) in [6.07, 6.45) is -0.732. The SMILES string of the molecule is COc1cccc2c1c(C(=O)CCOCC(F)F)cn2C. The fraction of sp³-hybridized carbons (Fsp3) is 0.400. The van der Waals surface area contributed by atoms with Gasteiger partial charge in [-0.05, 0) is 12.1 Å². The molecule has 0 saturated heterocycles. The van der Waals surface area contributed by atoms with Gasteiger partial charge in [-0.2, -0.15) is 0 Å². The number of fused-ring (bicyclic) bond motifs is 1. The average molecular weight is 297 g/mol. The lowest BCUT2D eigenvalue weighted by molar-refractivity contribution is 0.0170. The van der Waals surface area contributed by atoms with Crippen molar-refractivity contribution in [2.45, 2.75) is 12.8 Å². The van der Waals surface area contributed by atoms with E-state index in [4.69, 9.17) is 9.47 Å². The second-order valence-electron chi connectivity index (χ2n) is 4.65. The van der Waals surface area contributed by atoms with E-state index in [1.807, 2.05) is 23.7 Å². The summed E-state index contributed by atoms with van der Waals surface area (Å²) in [6, 6.07) is 5.52. The standard InChI is InChI=1S/C15H17F2NO3/c1-18-8-10(12(19)6-7-21-9-14(16)17)15-11(18)4-3-5-13(15)20-2/h3-5,8,14H,6-7,9H2,1-2H3. The van der Waals surface area contributed by atoms with Gasteiger partial charge in [-0.15, -0.1) is 0 Å². The zero-order valence-electron chi connectivity index (χ0n) is 11.9. The maximum absolute atomic E-state index is 12.2. The van der Waals surface area contributed by atoms with Crippen LogP contribution in [0.3, 0.4) is 0 Å². The molecule has 0 unspecified atom stereocenters. The van der Waals surface area contributed by atoms with Crippen LogP contribution in [-0.4, -0.2) is 37.1 Å². The number of alkyl halides is 2. The van der Waals surface area contributed by atoms with Gasteiger partial charge >= 0.3 is 0 Å². The molecule has 0 aliphatic carbocycles. The number of carbonyl (C=O) groups is 1. The molecule has 0 spiro atoms.